The molecular formula is C16H21NSi. The van der Waals surface area contributed by atoms with Crippen molar-refractivity contribution in [1.29, 1.82) is 0 Å². The molecule has 1 heterocycles. The Morgan fingerprint density at radius 1 is 0.944 bits per heavy atom. The van der Waals surface area contributed by atoms with Crippen LogP contribution in [0.3, 0.4) is 0 Å². The lowest BCUT2D eigenvalue weighted by Gasteiger charge is -2.15. The van der Waals surface area contributed by atoms with Gasteiger partial charge in [-0.2, -0.15) is 0 Å². The van der Waals surface area contributed by atoms with E-state index in [1.54, 1.807) is 0 Å². The molecular weight excluding hydrogens is 234 g/mol. The van der Waals surface area contributed by atoms with Gasteiger partial charge in [0.2, 0.25) is 0 Å². The van der Waals surface area contributed by atoms with Crippen molar-refractivity contribution in [1.82, 2.24) is 4.98 Å². The highest BCUT2D eigenvalue weighted by Gasteiger charge is 2.12. The smallest absolute Gasteiger partial charge is 0.0701 e. The third-order valence-electron chi connectivity index (χ3n) is 3.08. The van der Waals surface area contributed by atoms with Gasteiger partial charge in [0.25, 0.3) is 0 Å². The summed E-state index contributed by atoms with van der Waals surface area (Å²) in [6.07, 6.45) is 3.05. The standard InChI is InChI=1S/C16H21NSi/c1-18(2,3)13-11-14-7-9-15(10-8-14)16-6-4-5-12-17-16/h4-10,12H,11,13H2,1-3H3. The van der Waals surface area contributed by atoms with E-state index in [1.807, 2.05) is 18.3 Å². The predicted octanol–water partition coefficient (Wildman–Crippen LogP) is 4.63. The molecule has 0 saturated carbocycles. The molecule has 0 spiro atoms. The Kier molecular flexibility index (Phi) is 3.97. The molecule has 2 aromatic rings. The first-order chi connectivity index (χ1) is 8.54. The zero-order valence-corrected chi connectivity index (χ0v) is 12.5. The number of rotatable bonds is 4. The van der Waals surface area contributed by atoms with Gasteiger partial charge in [-0.15, -0.1) is 0 Å². The molecule has 1 aromatic carbocycles. The summed E-state index contributed by atoms with van der Waals surface area (Å²) < 4.78 is 0. The van der Waals surface area contributed by atoms with Crippen LogP contribution in [-0.2, 0) is 6.42 Å². The molecule has 0 unspecified atom stereocenters. The first-order valence-corrected chi connectivity index (χ1v) is 10.3. The fourth-order valence-corrected chi connectivity index (χ4v) is 2.93. The zero-order valence-electron chi connectivity index (χ0n) is 11.5. The zero-order chi connectivity index (χ0) is 13.0. The molecule has 0 bridgehead atoms. The van der Waals surface area contributed by atoms with Gasteiger partial charge in [0, 0.05) is 19.8 Å². The number of aromatic nitrogens is 1. The number of aryl methyl sites for hydroxylation is 1. The number of nitrogens with zero attached hydrogens (tertiary/aromatic N) is 1. The SMILES string of the molecule is C[Si](C)(C)CCc1ccc(-c2ccccn2)cc1. The van der Waals surface area contributed by atoms with Crippen molar-refractivity contribution < 1.29 is 0 Å². The van der Waals surface area contributed by atoms with E-state index in [4.69, 9.17) is 0 Å². The van der Waals surface area contributed by atoms with Gasteiger partial charge in [-0.3, -0.25) is 4.98 Å². The first kappa shape index (κ1) is 13.0. The lowest BCUT2D eigenvalue weighted by molar-refractivity contribution is 1.09. The molecule has 94 valence electrons. The van der Waals surface area contributed by atoms with Crippen molar-refractivity contribution in [2.45, 2.75) is 32.1 Å². The molecule has 0 aliphatic carbocycles. The molecule has 0 atom stereocenters. The second-order valence-corrected chi connectivity index (χ2v) is 11.6. The molecule has 0 aliphatic rings. The summed E-state index contributed by atoms with van der Waals surface area (Å²) in [6, 6.07) is 16.2. The van der Waals surface area contributed by atoms with E-state index in [0.29, 0.717) is 0 Å². The number of hydrogen-bond acceptors (Lipinski definition) is 1. The molecule has 1 aromatic heterocycles. The van der Waals surface area contributed by atoms with Crippen LogP contribution in [0.5, 0.6) is 0 Å². The average molecular weight is 255 g/mol. The second kappa shape index (κ2) is 5.49. The molecule has 0 radical (unpaired) electrons. The Labute approximate surface area is 111 Å². The number of benzene rings is 1. The van der Waals surface area contributed by atoms with Crippen LogP contribution in [0.4, 0.5) is 0 Å². The molecule has 0 fully saturated rings. The molecule has 0 aliphatic heterocycles. The summed E-state index contributed by atoms with van der Waals surface area (Å²) in [7, 11) is -0.930. The summed E-state index contributed by atoms with van der Waals surface area (Å²) in [4.78, 5) is 4.37. The van der Waals surface area contributed by atoms with Crippen LogP contribution in [0, 0.1) is 0 Å². The molecule has 1 nitrogen and oxygen atoms in total. The van der Waals surface area contributed by atoms with Crippen molar-refractivity contribution in [2.75, 3.05) is 0 Å². The summed E-state index contributed by atoms with van der Waals surface area (Å²) in [5, 5.41) is 0. The highest BCUT2D eigenvalue weighted by molar-refractivity contribution is 6.76. The monoisotopic (exact) mass is 255 g/mol. The van der Waals surface area contributed by atoms with E-state index in [1.165, 1.54) is 23.6 Å². The highest BCUT2D eigenvalue weighted by atomic mass is 28.3. The molecule has 18 heavy (non-hydrogen) atoms. The largest absolute Gasteiger partial charge is 0.256 e. The van der Waals surface area contributed by atoms with E-state index < -0.39 is 8.07 Å². The third kappa shape index (κ3) is 3.81. The third-order valence-corrected chi connectivity index (χ3v) is 4.83. The quantitative estimate of drug-likeness (QED) is 0.726. The van der Waals surface area contributed by atoms with Gasteiger partial charge < -0.3 is 0 Å². The average Bonchev–Trinajstić information content (AvgIpc) is 2.37. The van der Waals surface area contributed by atoms with E-state index in [9.17, 15) is 0 Å². The molecule has 0 amide bonds. The van der Waals surface area contributed by atoms with Crippen LogP contribution in [0.2, 0.25) is 25.7 Å². The fraction of sp³-hybridized carbons (Fsp3) is 0.312. The van der Waals surface area contributed by atoms with Crippen molar-refractivity contribution in [3.63, 3.8) is 0 Å². The van der Waals surface area contributed by atoms with Gasteiger partial charge >= 0.3 is 0 Å². The summed E-state index contributed by atoms with van der Waals surface area (Å²) >= 11 is 0. The van der Waals surface area contributed by atoms with Gasteiger partial charge in [0.1, 0.15) is 0 Å². The van der Waals surface area contributed by atoms with Crippen LogP contribution in [0.15, 0.2) is 48.7 Å². The van der Waals surface area contributed by atoms with Crippen molar-refractivity contribution in [3.05, 3.63) is 54.2 Å². The Morgan fingerprint density at radius 2 is 1.67 bits per heavy atom. The van der Waals surface area contributed by atoms with Crippen LogP contribution in [0.25, 0.3) is 11.3 Å². The lowest BCUT2D eigenvalue weighted by atomic mass is 10.1. The maximum absolute atomic E-state index is 4.37. The minimum atomic E-state index is -0.930. The van der Waals surface area contributed by atoms with E-state index in [2.05, 4.69) is 55.0 Å². The lowest BCUT2D eigenvalue weighted by Crippen LogP contribution is -2.19. The topological polar surface area (TPSA) is 12.9 Å². The van der Waals surface area contributed by atoms with Crippen LogP contribution in [0.1, 0.15) is 5.56 Å². The molecule has 0 N–H and O–H groups in total. The van der Waals surface area contributed by atoms with Gasteiger partial charge in [0.05, 0.1) is 5.69 Å². The maximum atomic E-state index is 4.37. The fourth-order valence-electron chi connectivity index (χ4n) is 1.90. The second-order valence-electron chi connectivity index (χ2n) is 5.97. The first-order valence-electron chi connectivity index (χ1n) is 6.55. The predicted molar refractivity (Wildman–Crippen MR) is 81.5 cm³/mol. The van der Waals surface area contributed by atoms with E-state index in [-0.39, 0.29) is 0 Å². The Morgan fingerprint density at radius 3 is 2.22 bits per heavy atom. The van der Waals surface area contributed by atoms with Crippen molar-refractivity contribution in [3.8, 4) is 11.3 Å². The number of pyridine rings is 1. The van der Waals surface area contributed by atoms with Gasteiger partial charge in [-0.05, 0) is 24.1 Å². The normalized spacial score (nSPS) is 11.5. The minimum Gasteiger partial charge on any atom is -0.256 e. The number of hydrogen-bond donors (Lipinski definition) is 0. The van der Waals surface area contributed by atoms with E-state index >= 15 is 0 Å². The van der Waals surface area contributed by atoms with Crippen LogP contribution in [-0.4, -0.2) is 13.1 Å². The van der Waals surface area contributed by atoms with Crippen molar-refractivity contribution >= 4 is 8.07 Å². The highest BCUT2D eigenvalue weighted by Crippen LogP contribution is 2.19. The molecule has 2 rings (SSSR count). The molecule has 2 heteroatoms. The maximum Gasteiger partial charge on any atom is 0.0701 e. The Hall–Kier alpha value is -1.41. The molecule has 0 saturated heterocycles. The summed E-state index contributed by atoms with van der Waals surface area (Å²) in [5.74, 6) is 0. The Bertz CT molecular complexity index is 483. The van der Waals surface area contributed by atoms with Gasteiger partial charge in [-0.1, -0.05) is 56.0 Å². The summed E-state index contributed by atoms with van der Waals surface area (Å²) in [5.41, 5.74) is 3.69. The van der Waals surface area contributed by atoms with E-state index in [0.717, 1.165) is 5.69 Å². The Balaban J connectivity index is 2.07. The van der Waals surface area contributed by atoms with Crippen LogP contribution >= 0.6 is 0 Å². The van der Waals surface area contributed by atoms with Gasteiger partial charge in [-0.25, -0.2) is 0 Å². The van der Waals surface area contributed by atoms with Crippen molar-refractivity contribution in [2.24, 2.45) is 0 Å². The minimum absolute atomic E-state index is 0.930. The van der Waals surface area contributed by atoms with Gasteiger partial charge in [0.15, 0.2) is 0 Å². The summed E-state index contributed by atoms with van der Waals surface area (Å²) in [6.45, 7) is 7.28. The van der Waals surface area contributed by atoms with Crippen LogP contribution < -0.4 is 0 Å².